The summed E-state index contributed by atoms with van der Waals surface area (Å²) in [7, 11) is 0. The van der Waals surface area contributed by atoms with E-state index in [1.54, 1.807) is 6.20 Å². The van der Waals surface area contributed by atoms with Gasteiger partial charge in [-0.3, -0.25) is 4.98 Å². The Hall–Kier alpha value is -1.27. The Morgan fingerprint density at radius 2 is 2.29 bits per heavy atom. The van der Waals surface area contributed by atoms with Crippen LogP contribution in [-0.4, -0.2) is 21.7 Å². The van der Waals surface area contributed by atoms with Crippen molar-refractivity contribution in [3.63, 3.8) is 0 Å². The molecule has 5 nitrogen and oxygen atoms in total. The van der Waals surface area contributed by atoms with E-state index in [2.05, 4.69) is 31.1 Å². The van der Waals surface area contributed by atoms with Gasteiger partial charge in [0.2, 0.25) is 11.7 Å². The van der Waals surface area contributed by atoms with Crippen molar-refractivity contribution >= 4 is 15.9 Å². The number of hydrogen-bond acceptors (Lipinski definition) is 5. The monoisotopic (exact) mass is 296 g/mol. The first-order chi connectivity index (χ1) is 8.20. The van der Waals surface area contributed by atoms with Gasteiger partial charge in [0.15, 0.2) is 0 Å². The van der Waals surface area contributed by atoms with Crippen LogP contribution < -0.4 is 5.73 Å². The molecular weight excluding hydrogens is 284 g/mol. The lowest BCUT2D eigenvalue weighted by molar-refractivity contribution is 0.355. The molecule has 1 atom stereocenters. The maximum atomic E-state index is 5.49. The third-order valence-electron chi connectivity index (χ3n) is 2.42. The van der Waals surface area contributed by atoms with Crippen LogP contribution in [0.3, 0.4) is 0 Å². The Bertz CT molecular complexity index is 482. The van der Waals surface area contributed by atoms with Crippen LogP contribution in [0, 0.1) is 0 Å². The quantitative estimate of drug-likeness (QED) is 0.937. The predicted octanol–water partition coefficient (Wildman–Crippen LogP) is 2.35. The zero-order chi connectivity index (χ0) is 12.3. The van der Waals surface area contributed by atoms with E-state index in [-0.39, 0.29) is 5.92 Å². The fraction of sp³-hybridized carbons (Fsp3) is 0.364. The summed E-state index contributed by atoms with van der Waals surface area (Å²) in [5, 5.41) is 3.91. The lowest BCUT2D eigenvalue weighted by Gasteiger charge is -2.01. The van der Waals surface area contributed by atoms with E-state index in [0.29, 0.717) is 24.0 Å². The summed E-state index contributed by atoms with van der Waals surface area (Å²) < 4.78 is 6.11. The fourth-order valence-electron chi connectivity index (χ4n) is 1.42. The number of nitrogens with two attached hydrogens (primary N) is 1. The van der Waals surface area contributed by atoms with Gasteiger partial charge in [-0.25, -0.2) is 0 Å². The van der Waals surface area contributed by atoms with Crippen LogP contribution in [-0.2, 0) is 0 Å². The molecule has 2 rings (SSSR count). The number of nitrogens with zero attached hydrogens (tertiary/aromatic N) is 3. The highest BCUT2D eigenvalue weighted by molar-refractivity contribution is 9.10. The van der Waals surface area contributed by atoms with Gasteiger partial charge in [-0.05, 0) is 41.0 Å². The molecule has 0 saturated heterocycles. The third kappa shape index (κ3) is 2.89. The smallest absolute Gasteiger partial charge is 0.229 e. The Morgan fingerprint density at radius 1 is 1.47 bits per heavy atom. The van der Waals surface area contributed by atoms with E-state index in [9.17, 15) is 0 Å². The van der Waals surface area contributed by atoms with Crippen LogP contribution in [0.4, 0.5) is 0 Å². The summed E-state index contributed by atoms with van der Waals surface area (Å²) >= 11 is 3.33. The minimum Gasteiger partial charge on any atom is -0.339 e. The number of pyridine rings is 1. The average molecular weight is 297 g/mol. The van der Waals surface area contributed by atoms with Crippen molar-refractivity contribution in [2.45, 2.75) is 19.3 Å². The number of aromatic nitrogens is 3. The van der Waals surface area contributed by atoms with E-state index in [1.165, 1.54) is 0 Å². The van der Waals surface area contributed by atoms with Crippen molar-refractivity contribution in [2.24, 2.45) is 5.73 Å². The molecule has 0 aliphatic heterocycles. The van der Waals surface area contributed by atoms with Gasteiger partial charge in [-0.15, -0.1) is 0 Å². The van der Waals surface area contributed by atoms with Crippen LogP contribution in [0.15, 0.2) is 27.3 Å². The zero-order valence-electron chi connectivity index (χ0n) is 9.43. The van der Waals surface area contributed by atoms with Gasteiger partial charge in [0.05, 0.1) is 0 Å². The molecule has 0 saturated carbocycles. The summed E-state index contributed by atoms with van der Waals surface area (Å²) in [5.74, 6) is 1.29. The van der Waals surface area contributed by atoms with Gasteiger partial charge in [-0.2, -0.15) is 4.98 Å². The highest BCUT2D eigenvalue weighted by Crippen LogP contribution is 2.20. The van der Waals surface area contributed by atoms with Crippen LogP contribution in [0.5, 0.6) is 0 Å². The molecule has 6 heteroatoms. The van der Waals surface area contributed by atoms with E-state index in [1.807, 2.05) is 19.1 Å². The molecule has 1 unspecified atom stereocenters. The predicted molar refractivity (Wildman–Crippen MR) is 67.3 cm³/mol. The van der Waals surface area contributed by atoms with E-state index in [0.717, 1.165) is 10.9 Å². The summed E-state index contributed by atoms with van der Waals surface area (Å²) in [4.78, 5) is 8.53. The standard InChI is InChI=1S/C11H13BrN4O/c1-7(4-5-13)11-15-10(16-17-11)9-3-2-8(12)6-14-9/h2-3,6-7H,4-5,13H2,1H3. The highest BCUT2D eigenvalue weighted by atomic mass is 79.9. The molecule has 0 aliphatic carbocycles. The molecule has 0 fully saturated rings. The maximum Gasteiger partial charge on any atom is 0.229 e. The van der Waals surface area contributed by atoms with E-state index < -0.39 is 0 Å². The largest absolute Gasteiger partial charge is 0.339 e. The fourth-order valence-corrected chi connectivity index (χ4v) is 1.66. The Labute approximate surface area is 108 Å². The number of halogens is 1. The molecular formula is C11H13BrN4O. The molecule has 2 N–H and O–H groups in total. The highest BCUT2D eigenvalue weighted by Gasteiger charge is 2.14. The summed E-state index contributed by atoms with van der Waals surface area (Å²) in [6.07, 6.45) is 2.53. The van der Waals surface area contributed by atoms with Crippen LogP contribution in [0.25, 0.3) is 11.5 Å². The molecule has 0 aromatic carbocycles. The minimum absolute atomic E-state index is 0.177. The molecule has 0 spiro atoms. The van der Waals surface area contributed by atoms with Gasteiger partial charge in [0.25, 0.3) is 0 Å². The van der Waals surface area contributed by atoms with Crippen molar-refractivity contribution in [2.75, 3.05) is 6.54 Å². The van der Waals surface area contributed by atoms with Crippen LogP contribution in [0.1, 0.15) is 25.2 Å². The van der Waals surface area contributed by atoms with Gasteiger partial charge < -0.3 is 10.3 Å². The Morgan fingerprint density at radius 3 is 2.94 bits per heavy atom. The van der Waals surface area contributed by atoms with Crippen molar-refractivity contribution in [1.82, 2.24) is 15.1 Å². The Balaban J connectivity index is 2.20. The van der Waals surface area contributed by atoms with E-state index in [4.69, 9.17) is 10.3 Å². The summed E-state index contributed by atoms with van der Waals surface area (Å²) in [6, 6.07) is 3.73. The molecule has 90 valence electrons. The number of hydrogen-bond donors (Lipinski definition) is 1. The molecule has 0 amide bonds. The molecule has 17 heavy (non-hydrogen) atoms. The van der Waals surface area contributed by atoms with Crippen LogP contribution in [0.2, 0.25) is 0 Å². The normalized spacial score (nSPS) is 12.6. The van der Waals surface area contributed by atoms with Gasteiger partial charge in [0.1, 0.15) is 5.69 Å². The second-order valence-electron chi connectivity index (χ2n) is 3.80. The lowest BCUT2D eigenvalue weighted by Crippen LogP contribution is -2.04. The topological polar surface area (TPSA) is 77.8 Å². The van der Waals surface area contributed by atoms with Crippen molar-refractivity contribution in [1.29, 1.82) is 0 Å². The first-order valence-corrected chi connectivity index (χ1v) is 6.15. The molecule has 2 heterocycles. The maximum absolute atomic E-state index is 5.49. The second kappa shape index (κ2) is 5.37. The minimum atomic E-state index is 0.177. The van der Waals surface area contributed by atoms with E-state index >= 15 is 0 Å². The van der Waals surface area contributed by atoms with Crippen molar-refractivity contribution in [3.8, 4) is 11.5 Å². The third-order valence-corrected chi connectivity index (χ3v) is 2.89. The molecule has 2 aromatic heterocycles. The Kier molecular flexibility index (Phi) is 3.86. The first-order valence-electron chi connectivity index (χ1n) is 5.36. The number of rotatable bonds is 4. The van der Waals surface area contributed by atoms with Crippen molar-refractivity contribution in [3.05, 3.63) is 28.7 Å². The zero-order valence-corrected chi connectivity index (χ0v) is 11.0. The molecule has 0 aliphatic rings. The van der Waals surface area contributed by atoms with Crippen LogP contribution >= 0.6 is 15.9 Å². The van der Waals surface area contributed by atoms with Crippen molar-refractivity contribution < 1.29 is 4.52 Å². The first kappa shape index (κ1) is 12.2. The molecule has 0 radical (unpaired) electrons. The molecule has 2 aromatic rings. The van der Waals surface area contributed by atoms with Gasteiger partial charge >= 0.3 is 0 Å². The second-order valence-corrected chi connectivity index (χ2v) is 4.71. The van der Waals surface area contributed by atoms with Gasteiger partial charge in [0, 0.05) is 16.6 Å². The summed E-state index contributed by atoms with van der Waals surface area (Å²) in [6.45, 7) is 2.62. The molecule has 0 bridgehead atoms. The van der Waals surface area contributed by atoms with Gasteiger partial charge in [-0.1, -0.05) is 12.1 Å². The summed E-state index contributed by atoms with van der Waals surface area (Å²) in [5.41, 5.74) is 6.19. The SMILES string of the molecule is CC(CCN)c1nc(-c2ccc(Br)cn2)no1. The lowest BCUT2D eigenvalue weighted by atomic mass is 10.1. The average Bonchev–Trinajstić information content (AvgIpc) is 2.80.